The zero-order valence-corrected chi connectivity index (χ0v) is 12.7. The van der Waals surface area contributed by atoms with Crippen molar-refractivity contribution in [1.82, 2.24) is 9.97 Å². The SMILES string of the molecule is CNc1c(Cl)ncnc1N1CCC(c2c(F)cccc2F)C1. The van der Waals surface area contributed by atoms with E-state index in [1.807, 2.05) is 4.90 Å². The first-order valence-corrected chi connectivity index (χ1v) is 7.36. The van der Waals surface area contributed by atoms with Crippen LogP contribution in [-0.4, -0.2) is 30.1 Å². The van der Waals surface area contributed by atoms with Crippen molar-refractivity contribution in [3.05, 3.63) is 46.9 Å². The lowest BCUT2D eigenvalue weighted by molar-refractivity contribution is 0.533. The minimum absolute atomic E-state index is 0.149. The molecule has 0 spiro atoms. The van der Waals surface area contributed by atoms with E-state index in [1.165, 1.54) is 24.5 Å². The van der Waals surface area contributed by atoms with Crippen LogP contribution in [0.4, 0.5) is 20.3 Å². The van der Waals surface area contributed by atoms with Gasteiger partial charge in [-0.05, 0) is 18.6 Å². The van der Waals surface area contributed by atoms with Crippen LogP contribution in [0.25, 0.3) is 0 Å². The molecule has 1 aliphatic rings. The highest BCUT2D eigenvalue weighted by molar-refractivity contribution is 6.32. The minimum atomic E-state index is -0.499. The Kier molecular flexibility index (Phi) is 4.11. The van der Waals surface area contributed by atoms with Gasteiger partial charge in [0.1, 0.15) is 23.6 Å². The Labute approximate surface area is 132 Å². The van der Waals surface area contributed by atoms with Crippen molar-refractivity contribution < 1.29 is 8.78 Å². The van der Waals surface area contributed by atoms with Crippen LogP contribution >= 0.6 is 11.6 Å². The number of nitrogens with zero attached hydrogens (tertiary/aromatic N) is 3. The predicted molar refractivity (Wildman–Crippen MR) is 82.5 cm³/mol. The average Bonchev–Trinajstić information content (AvgIpc) is 2.96. The molecule has 1 saturated heterocycles. The van der Waals surface area contributed by atoms with Crippen LogP contribution in [-0.2, 0) is 0 Å². The fourth-order valence-corrected chi connectivity index (χ4v) is 3.12. The van der Waals surface area contributed by atoms with Crippen molar-refractivity contribution in [2.45, 2.75) is 12.3 Å². The van der Waals surface area contributed by atoms with Crippen LogP contribution in [0.2, 0.25) is 5.15 Å². The molecule has 1 unspecified atom stereocenters. The molecule has 0 saturated carbocycles. The molecule has 0 amide bonds. The van der Waals surface area contributed by atoms with Crippen LogP contribution in [0.3, 0.4) is 0 Å². The molecule has 1 fully saturated rings. The van der Waals surface area contributed by atoms with Crippen molar-refractivity contribution >= 4 is 23.1 Å². The van der Waals surface area contributed by atoms with Gasteiger partial charge in [-0.25, -0.2) is 18.7 Å². The van der Waals surface area contributed by atoms with Gasteiger partial charge in [-0.15, -0.1) is 0 Å². The second-order valence-electron chi connectivity index (χ2n) is 5.18. The Morgan fingerprint density at radius 3 is 2.68 bits per heavy atom. The highest BCUT2D eigenvalue weighted by atomic mass is 35.5. The average molecular weight is 325 g/mol. The lowest BCUT2D eigenvalue weighted by Crippen LogP contribution is -2.22. The summed E-state index contributed by atoms with van der Waals surface area (Å²) in [5, 5.41) is 3.30. The third kappa shape index (κ3) is 2.59. The number of benzene rings is 1. The summed E-state index contributed by atoms with van der Waals surface area (Å²) in [4.78, 5) is 10.1. The Morgan fingerprint density at radius 1 is 1.27 bits per heavy atom. The summed E-state index contributed by atoms with van der Waals surface area (Å²) in [6, 6.07) is 3.97. The van der Waals surface area contributed by atoms with E-state index in [-0.39, 0.29) is 11.5 Å². The van der Waals surface area contributed by atoms with E-state index in [1.54, 1.807) is 7.05 Å². The second kappa shape index (κ2) is 6.04. The van der Waals surface area contributed by atoms with Crippen LogP contribution in [0.1, 0.15) is 17.9 Å². The molecule has 116 valence electrons. The van der Waals surface area contributed by atoms with Crippen LogP contribution in [0.5, 0.6) is 0 Å². The molecular formula is C15H15ClF2N4. The zero-order valence-electron chi connectivity index (χ0n) is 12.0. The van der Waals surface area contributed by atoms with Gasteiger partial charge in [0.25, 0.3) is 0 Å². The number of hydrogen-bond donors (Lipinski definition) is 1. The second-order valence-corrected chi connectivity index (χ2v) is 5.54. The third-order valence-electron chi connectivity index (χ3n) is 3.93. The summed E-state index contributed by atoms with van der Waals surface area (Å²) in [6.07, 6.45) is 2.04. The molecule has 22 heavy (non-hydrogen) atoms. The standard InChI is InChI=1S/C15H15ClF2N4/c1-19-13-14(16)20-8-21-15(13)22-6-5-9(7-22)12-10(17)3-2-4-11(12)18/h2-4,8-9,19H,5-7H2,1H3. The Balaban J connectivity index is 1.88. The van der Waals surface area contributed by atoms with Gasteiger partial charge in [0.2, 0.25) is 0 Å². The van der Waals surface area contributed by atoms with Crippen LogP contribution < -0.4 is 10.2 Å². The van der Waals surface area contributed by atoms with Crippen LogP contribution in [0.15, 0.2) is 24.5 Å². The van der Waals surface area contributed by atoms with Crippen molar-refractivity contribution in [3.63, 3.8) is 0 Å². The smallest absolute Gasteiger partial charge is 0.157 e. The number of hydrogen-bond acceptors (Lipinski definition) is 4. The lowest BCUT2D eigenvalue weighted by Gasteiger charge is -2.21. The number of halogens is 3. The van der Waals surface area contributed by atoms with E-state index in [2.05, 4.69) is 15.3 Å². The third-order valence-corrected chi connectivity index (χ3v) is 4.21. The van der Waals surface area contributed by atoms with Crippen molar-refractivity contribution in [1.29, 1.82) is 0 Å². The fourth-order valence-electron chi connectivity index (χ4n) is 2.90. The summed E-state index contributed by atoms with van der Waals surface area (Å²) >= 11 is 6.05. The molecule has 2 heterocycles. The number of nitrogens with one attached hydrogen (secondary N) is 1. The van der Waals surface area contributed by atoms with E-state index in [0.717, 1.165) is 0 Å². The Bertz CT molecular complexity index is 675. The van der Waals surface area contributed by atoms with E-state index in [0.29, 0.717) is 36.2 Å². The van der Waals surface area contributed by atoms with Gasteiger partial charge in [-0.2, -0.15) is 0 Å². The van der Waals surface area contributed by atoms with E-state index in [9.17, 15) is 8.78 Å². The van der Waals surface area contributed by atoms with Gasteiger partial charge in [-0.3, -0.25) is 0 Å². The summed E-state index contributed by atoms with van der Waals surface area (Å²) in [7, 11) is 1.73. The highest BCUT2D eigenvalue weighted by Crippen LogP contribution is 2.36. The minimum Gasteiger partial charge on any atom is -0.383 e. The summed E-state index contributed by atoms with van der Waals surface area (Å²) < 4.78 is 27.8. The van der Waals surface area contributed by atoms with Crippen molar-refractivity contribution in [2.75, 3.05) is 30.4 Å². The van der Waals surface area contributed by atoms with Gasteiger partial charge in [0, 0.05) is 31.6 Å². The van der Waals surface area contributed by atoms with Crippen molar-refractivity contribution in [3.8, 4) is 0 Å². The number of anilines is 2. The van der Waals surface area contributed by atoms with Crippen molar-refractivity contribution in [2.24, 2.45) is 0 Å². The summed E-state index contributed by atoms with van der Waals surface area (Å²) in [6.45, 7) is 1.14. The Morgan fingerprint density at radius 2 is 2.00 bits per heavy atom. The molecule has 2 aromatic rings. The highest BCUT2D eigenvalue weighted by Gasteiger charge is 2.30. The largest absolute Gasteiger partial charge is 0.383 e. The van der Waals surface area contributed by atoms with Gasteiger partial charge in [-0.1, -0.05) is 17.7 Å². The van der Waals surface area contributed by atoms with E-state index >= 15 is 0 Å². The van der Waals surface area contributed by atoms with E-state index < -0.39 is 11.6 Å². The topological polar surface area (TPSA) is 41.1 Å². The van der Waals surface area contributed by atoms with Gasteiger partial charge in [0.05, 0.1) is 0 Å². The first kappa shape index (κ1) is 15.0. The molecule has 0 bridgehead atoms. The molecule has 0 aliphatic carbocycles. The quantitative estimate of drug-likeness (QED) is 0.878. The molecule has 1 aliphatic heterocycles. The normalized spacial score (nSPS) is 17.8. The maximum atomic E-state index is 13.9. The predicted octanol–water partition coefficient (Wildman–Crippen LogP) is 3.44. The first-order valence-electron chi connectivity index (χ1n) is 6.99. The number of rotatable bonds is 3. The maximum absolute atomic E-state index is 13.9. The molecular weight excluding hydrogens is 310 g/mol. The van der Waals surface area contributed by atoms with Crippen LogP contribution in [0, 0.1) is 11.6 Å². The molecule has 7 heteroatoms. The lowest BCUT2D eigenvalue weighted by atomic mass is 9.97. The molecule has 3 rings (SSSR count). The van der Waals surface area contributed by atoms with Gasteiger partial charge < -0.3 is 10.2 Å². The molecule has 1 N–H and O–H groups in total. The maximum Gasteiger partial charge on any atom is 0.157 e. The molecule has 1 aromatic carbocycles. The summed E-state index contributed by atoms with van der Waals surface area (Å²) in [5.41, 5.74) is 0.773. The molecule has 0 radical (unpaired) electrons. The monoisotopic (exact) mass is 324 g/mol. The van der Waals surface area contributed by atoms with Gasteiger partial charge in [0.15, 0.2) is 11.0 Å². The van der Waals surface area contributed by atoms with E-state index in [4.69, 9.17) is 11.6 Å². The number of aromatic nitrogens is 2. The molecule has 1 aromatic heterocycles. The Hall–Kier alpha value is -1.95. The molecule has 1 atom stereocenters. The van der Waals surface area contributed by atoms with Gasteiger partial charge >= 0.3 is 0 Å². The zero-order chi connectivity index (χ0) is 15.7. The first-order chi connectivity index (χ1) is 10.6. The fraction of sp³-hybridized carbons (Fsp3) is 0.333. The molecule has 4 nitrogen and oxygen atoms in total. The summed E-state index contributed by atoms with van der Waals surface area (Å²) in [5.74, 6) is -0.552.